The average Bonchev–Trinajstić information content (AvgIpc) is 2.83. The van der Waals surface area contributed by atoms with E-state index in [4.69, 9.17) is 16.3 Å². The Morgan fingerprint density at radius 3 is 2.74 bits per heavy atom. The first-order chi connectivity index (χ1) is 16.8. The molecule has 1 fully saturated rings. The van der Waals surface area contributed by atoms with Gasteiger partial charge in [-0.25, -0.2) is 18.7 Å². The maximum absolute atomic E-state index is 13.5. The molecule has 0 atom stereocenters. The van der Waals surface area contributed by atoms with E-state index in [0.29, 0.717) is 40.7 Å². The fourth-order valence-corrected chi connectivity index (χ4v) is 4.17. The van der Waals surface area contributed by atoms with Crippen molar-refractivity contribution >= 4 is 45.6 Å². The molecular weight excluding hydrogens is 476 g/mol. The molecule has 0 bridgehead atoms. The standard InChI is InChI=1S/C25H26ClF2N5O2/c1-15(27)25(34)32-22-12-18-21(13-23(22)35-10-7-16-5-8-33(2)9-6-16)29-14-30-24(18)31-17-3-4-20(28)19(26)11-17/h3-4,11-14,16H,1,5-10H2,2H3,(H,32,34)(H,29,30,31). The molecule has 7 nitrogen and oxygen atoms in total. The average molecular weight is 502 g/mol. The monoisotopic (exact) mass is 501 g/mol. The number of amides is 1. The van der Waals surface area contributed by atoms with Gasteiger partial charge in [0.2, 0.25) is 0 Å². The van der Waals surface area contributed by atoms with Crippen molar-refractivity contribution in [2.75, 3.05) is 37.4 Å². The predicted molar refractivity (Wildman–Crippen MR) is 133 cm³/mol. The molecule has 2 aromatic carbocycles. The Labute approximate surface area is 207 Å². The maximum Gasteiger partial charge on any atom is 0.283 e. The minimum atomic E-state index is -1.12. The van der Waals surface area contributed by atoms with Crippen LogP contribution in [0.4, 0.5) is 26.0 Å². The fraction of sp³-hybridized carbons (Fsp3) is 0.320. The van der Waals surface area contributed by atoms with Crippen LogP contribution in [0.2, 0.25) is 5.02 Å². The summed E-state index contributed by atoms with van der Waals surface area (Å²) >= 11 is 5.89. The molecule has 35 heavy (non-hydrogen) atoms. The van der Waals surface area contributed by atoms with E-state index in [1.807, 2.05) is 0 Å². The molecule has 0 spiro atoms. The molecule has 4 rings (SSSR count). The molecule has 0 unspecified atom stereocenters. The van der Waals surface area contributed by atoms with E-state index in [2.05, 4.69) is 39.1 Å². The minimum Gasteiger partial charge on any atom is -0.491 e. The van der Waals surface area contributed by atoms with Gasteiger partial charge in [0.1, 0.15) is 23.7 Å². The van der Waals surface area contributed by atoms with Gasteiger partial charge in [-0.15, -0.1) is 0 Å². The van der Waals surface area contributed by atoms with Crippen LogP contribution in [-0.2, 0) is 4.79 Å². The molecule has 1 saturated heterocycles. The summed E-state index contributed by atoms with van der Waals surface area (Å²) in [4.78, 5) is 22.9. The molecule has 1 aromatic heterocycles. The van der Waals surface area contributed by atoms with Crippen LogP contribution < -0.4 is 15.4 Å². The van der Waals surface area contributed by atoms with Crippen molar-refractivity contribution in [1.82, 2.24) is 14.9 Å². The summed E-state index contributed by atoms with van der Waals surface area (Å²) in [6, 6.07) is 7.47. The number of fused-ring (bicyclic) bond motifs is 1. The van der Waals surface area contributed by atoms with Crippen LogP contribution in [0.15, 0.2) is 49.1 Å². The third-order valence-corrected chi connectivity index (χ3v) is 6.33. The number of hydrogen-bond donors (Lipinski definition) is 2. The van der Waals surface area contributed by atoms with Gasteiger partial charge >= 0.3 is 0 Å². The summed E-state index contributed by atoms with van der Waals surface area (Å²) in [7, 11) is 2.12. The van der Waals surface area contributed by atoms with Crippen molar-refractivity contribution in [2.45, 2.75) is 19.3 Å². The molecule has 2 heterocycles. The van der Waals surface area contributed by atoms with Gasteiger partial charge in [-0.05, 0) is 69.6 Å². The summed E-state index contributed by atoms with van der Waals surface area (Å²) in [6.45, 7) is 5.63. The summed E-state index contributed by atoms with van der Waals surface area (Å²) in [5.74, 6) is -1.30. The lowest BCUT2D eigenvalue weighted by atomic mass is 9.94. The molecule has 2 N–H and O–H groups in total. The Morgan fingerprint density at radius 1 is 1.26 bits per heavy atom. The Balaban J connectivity index is 1.60. The summed E-state index contributed by atoms with van der Waals surface area (Å²) in [5, 5.41) is 6.08. The number of carbonyl (C=O) groups excluding carboxylic acids is 1. The number of aromatic nitrogens is 2. The molecule has 184 valence electrons. The lowest BCUT2D eigenvalue weighted by molar-refractivity contribution is -0.114. The van der Waals surface area contributed by atoms with E-state index < -0.39 is 17.6 Å². The summed E-state index contributed by atoms with van der Waals surface area (Å²) in [6.07, 6.45) is 4.47. The second kappa shape index (κ2) is 11.0. The number of benzene rings is 2. The molecule has 3 aromatic rings. The number of hydrogen-bond acceptors (Lipinski definition) is 6. The zero-order valence-corrected chi connectivity index (χ0v) is 20.0. The van der Waals surface area contributed by atoms with Gasteiger partial charge < -0.3 is 20.3 Å². The van der Waals surface area contributed by atoms with Crippen LogP contribution in [0.25, 0.3) is 10.9 Å². The highest BCUT2D eigenvalue weighted by atomic mass is 35.5. The second-order valence-electron chi connectivity index (χ2n) is 8.58. The van der Waals surface area contributed by atoms with Crippen molar-refractivity contribution in [3.8, 4) is 5.75 Å². The van der Waals surface area contributed by atoms with E-state index in [1.165, 1.54) is 24.5 Å². The van der Waals surface area contributed by atoms with Gasteiger partial charge in [-0.3, -0.25) is 4.79 Å². The van der Waals surface area contributed by atoms with Crippen LogP contribution in [0.3, 0.4) is 0 Å². The van der Waals surface area contributed by atoms with Crippen molar-refractivity contribution in [1.29, 1.82) is 0 Å². The highest BCUT2D eigenvalue weighted by Gasteiger charge is 2.18. The highest BCUT2D eigenvalue weighted by Crippen LogP contribution is 2.34. The largest absolute Gasteiger partial charge is 0.491 e. The quantitative estimate of drug-likeness (QED) is 0.385. The van der Waals surface area contributed by atoms with E-state index in [-0.39, 0.29) is 10.7 Å². The Morgan fingerprint density at radius 2 is 2.03 bits per heavy atom. The second-order valence-corrected chi connectivity index (χ2v) is 8.99. The number of halogens is 3. The Hall–Kier alpha value is -3.30. The van der Waals surface area contributed by atoms with Gasteiger partial charge in [-0.1, -0.05) is 18.2 Å². The minimum absolute atomic E-state index is 0.0388. The molecule has 0 aliphatic carbocycles. The highest BCUT2D eigenvalue weighted by molar-refractivity contribution is 6.31. The number of ether oxygens (including phenoxy) is 1. The normalized spacial score (nSPS) is 14.6. The lowest BCUT2D eigenvalue weighted by Crippen LogP contribution is -2.30. The molecule has 1 aliphatic heterocycles. The van der Waals surface area contributed by atoms with E-state index >= 15 is 0 Å². The molecule has 0 radical (unpaired) electrons. The topological polar surface area (TPSA) is 79.4 Å². The number of nitrogens with one attached hydrogen (secondary N) is 2. The number of likely N-dealkylation sites (tertiary alicyclic amines) is 1. The van der Waals surface area contributed by atoms with Crippen molar-refractivity contribution in [3.05, 3.63) is 59.9 Å². The van der Waals surface area contributed by atoms with E-state index in [9.17, 15) is 13.6 Å². The Kier molecular flexibility index (Phi) is 7.77. The first-order valence-electron chi connectivity index (χ1n) is 11.3. The Bertz CT molecular complexity index is 1250. The van der Waals surface area contributed by atoms with Gasteiger partial charge in [-0.2, -0.15) is 0 Å². The van der Waals surface area contributed by atoms with Crippen LogP contribution in [0.1, 0.15) is 19.3 Å². The summed E-state index contributed by atoms with van der Waals surface area (Å²) in [5.41, 5.74) is 1.32. The SMILES string of the molecule is C=C(F)C(=O)Nc1cc2c(Nc3ccc(F)c(Cl)c3)ncnc2cc1OCCC1CCN(C)CC1. The third kappa shape index (κ3) is 6.23. The van der Waals surface area contributed by atoms with Gasteiger partial charge in [0.25, 0.3) is 5.91 Å². The first-order valence-corrected chi connectivity index (χ1v) is 11.7. The number of carbonyl (C=O) groups is 1. The third-order valence-electron chi connectivity index (χ3n) is 6.04. The van der Waals surface area contributed by atoms with Crippen molar-refractivity contribution < 1.29 is 18.3 Å². The van der Waals surface area contributed by atoms with Crippen molar-refractivity contribution in [2.24, 2.45) is 5.92 Å². The van der Waals surface area contributed by atoms with Crippen LogP contribution in [-0.4, -0.2) is 47.5 Å². The smallest absolute Gasteiger partial charge is 0.283 e. The van der Waals surface area contributed by atoms with Crippen LogP contribution >= 0.6 is 11.6 Å². The lowest BCUT2D eigenvalue weighted by Gasteiger charge is -2.28. The van der Waals surface area contributed by atoms with Gasteiger partial charge in [0.05, 0.1) is 22.8 Å². The molecule has 1 aliphatic rings. The number of nitrogens with zero attached hydrogens (tertiary/aromatic N) is 3. The number of piperidine rings is 1. The van der Waals surface area contributed by atoms with Gasteiger partial charge in [0, 0.05) is 17.1 Å². The van der Waals surface area contributed by atoms with Gasteiger partial charge in [0.15, 0.2) is 5.83 Å². The molecule has 1 amide bonds. The molecule has 0 saturated carbocycles. The zero-order chi connectivity index (χ0) is 24.9. The maximum atomic E-state index is 13.5. The van der Waals surface area contributed by atoms with Crippen molar-refractivity contribution in [3.63, 3.8) is 0 Å². The molecule has 10 heteroatoms. The van der Waals surface area contributed by atoms with E-state index in [0.717, 1.165) is 32.4 Å². The van der Waals surface area contributed by atoms with Crippen LogP contribution in [0.5, 0.6) is 5.75 Å². The number of rotatable bonds is 8. The zero-order valence-electron chi connectivity index (χ0n) is 19.3. The molecular formula is C25H26ClF2N5O2. The predicted octanol–water partition coefficient (Wildman–Crippen LogP) is 5.70. The first kappa shape index (κ1) is 24.8. The van der Waals surface area contributed by atoms with Crippen LogP contribution in [0, 0.1) is 11.7 Å². The van der Waals surface area contributed by atoms with E-state index in [1.54, 1.807) is 12.1 Å². The summed E-state index contributed by atoms with van der Waals surface area (Å²) < 4.78 is 33.0. The number of anilines is 3. The fourth-order valence-electron chi connectivity index (χ4n) is 3.99.